The number of benzene rings is 1. The minimum atomic E-state index is -0.970. The zero-order valence-electron chi connectivity index (χ0n) is 9.38. The van der Waals surface area contributed by atoms with Crippen molar-refractivity contribution in [3.05, 3.63) is 29.6 Å². The summed E-state index contributed by atoms with van der Waals surface area (Å²) >= 11 is 0. The maximum absolute atomic E-state index is 13.4. The molecule has 0 bridgehead atoms. The second kappa shape index (κ2) is 4.62. The van der Waals surface area contributed by atoms with Crippen molar-refractivity contribution < 1.29 is 14.2 Å². The average Bonchev–Trinajstić information content (AvgIpc) is 2.17. The molecule has 0 aliphatic rings. The van der Waals surface area contributed by atoms with Gasteiger partial charge in [0.2, 0.25) is 0 Å². The molecule has 2 nitrogen and oxygen atoms in total. The lowest BCUT2D eigenvalue weighted by molar-refractivity contribution is 0.0466. The largest absolute Gasteiger partial charge is 0.494 e. The van der Waals surface area contributed by atoms with Crippen LogP contribution in [0.3, 0.4) is 0 Å². The van der Waals surface area contributed by atoms with Gasteiger partial charge in [-0.25, -0.2) is 4.39 Å². The van der Waals surface area contributed by atoms with Crippen LogP contribution in [0.5, 0.6) is 5.75 Å². The number of hydrogen-bond acceptors (Lipinski definition) is 2. The van der Waals surface area contributed by atoms with Crippen molar-refractivity contribution in [3.8, 4) is 5.75 Å². The lowest BCUT2D eigenvalue weighted by atomic mass is 9.91. The smallest absolute Gasteiger partial charge is 0.165 e. The van der Waals surface area contributed by atoms with Crippen LogP contribution in [0.4, 0.5) is 4.39 Å². The van der Waals surface area contributed by atoms with Crippen LogP contribution >= 0.6 is 0 Å². The highest BCUT2D eigenvalue weighted by Crippen LogP contribution is 2.29. The molecule has 0 fully saturated rings. The van der Waals surface area contributed by atoms with Crippen molar-refractivity contribution in [1.29, 1.82) is 0 Å². The van der Waals surface area contributed by atoms with E-state index in [4.69, 9.17) is 4.74 Å². The molecule has 0 unspecified atom stereocenters. The lowest BCUT2D eigenvalue weighted by Gasteiger charge is -2.23. The Morgan fingerprint density at radius 1 is 1.47 bits per heavy atom. The molecular weight excluding hydrogens is 195 g/mol. The van der Waals surface area contributed by atoms with E-state index in [9.17, 15) is 9.50 Å². The van der Waals surface area contributed by atoms with E-state index in [1.54, 1.807) is 13.0 Å². The van der Waals surface area contributed by atoms with E-state index < -0.39 is 11.4 Å². The molecule has 1 rings (SSSR count). The number of rotatable bonds is 4. The second-order valence-corrected chi connectivity index (χ2v) is 3.87. The van der Waals surface area contributed by atoms with Gasteiger partial charge in [-0.2, -0.15) is 0 Å². The number of aliphatic hydroxyl groups is 1. The first-order valence-electron chi connectivity index (χ1n) is 5.07. The van der Waals surface area contributed by atoms with Crippen LogP contribution in [0.2, 0.25) is 0 Å². The molecule has 0 amide bonds. The van der Waals surface area contributed by atoms with Gasteiger partial charge in [-0.05, 0) is 31.0 Å². The molecule has 0 aliphatic heterocycles. The van der Waals surface area contributed by atoms with Crippen molar-refractivity contribution in [2.75, 3.05) is 7.11 Å². The normalized spacial score (nSPS) is 14.7. The first kappa shape index (κ1) is 12.0. The summed E-state index contributed by atoms with van der Waals surface area (Å²) in [5.41, 5.74) is -0.385. The summed E-state index contributed by atoms with van der Waals surface area (Å²) in [5, 5.41) is 10.1. The van der Waals surface area contributed by atoms with Crippen LogP contribution in [0.15, 0.2) is 18.2 Å². The first-order valence-corrected chi connectivity index (χ1v) is 5.07. The predicted molar refractivity (Wildman–Crippen MR) is 57.4 cm³/mol. The van der Waals surface area contributed by atoms with Crippen molar-refractivity contribution in [1.82, 2.24) is 0 Å². The van der Waals surface area contributed by atoms with Gasteiger partial charge in [0, 0.05) is 0 Å². The van der Waals surface area contributed by atoms with Crippen LogP contribution in [0, 0.1) is 5.82 Å². The number of halogens is 1. The summed E-state index contributed by atoms with van der Waals surface area (Å²) in [6.07, 6.45) is 1.46. The molecule has 0 radical (unpaired) electrons. The predicted octanol–water partition coefficient (Wildman–Crippen LogP) is 2.84. The Morgan fingerprint density at radius 2 is 2.13 bits per heavy atom. The van der Waals surface area contributed by atoms with Gasteiger partial charge in [-0.3, -0.25) is 0 Å². The topological polar surface area (TPSA) is 29.5 Å². The SMILES string of the molecule is CCC[C@](C)(O)c1ccc(OC)c(F)c1. The third-order valence-electron chi connectivity index (χ3n) is 2.51. The molecule has 0 saturated carbocycles. The van der Waals surface area contributed by atoms with Crippen molar-refractivity contribution in [2.24, 2.45) is 0 Å². The third kappa shape index (κ3) is 2.69. The monoisotopic (exact) mass is 212 g/mol. The summed E-state index contributed by atoms with van der Waals surface area (Å²) in [4.78, 5) is 0. The number of ether oxygens (including phenoxy) is 1. The van der Waals surface area contributed by atoms with Gasteiger partial charge >= 0.3 is 0 Å². The van der Waals surface area contributed by atoms with Crippen molar-refractivity contribution in [2.45, 2.75) is 32.3 Å². The molecular formula is C12H17FO2. The van der Waals surface area contributed by atoms with Crippen LogP contribution in [-0.2, 0) is 5.60 Å². The van der Waals surface area contributed by atoms with E-state index in [1.807, 2.05) is 6.92 Å². The standard InChI is InChI=1S/C12H17FO2/c1-4-7-12(2,14)9-5-6-11(15-3)10(13)8-9/h5-6,8,14H,4,7H2,1-3H3/t12-/m0/s1. The van der Waals surface area contributed by atoms with Gasteiger partial charge in [0.1, 0.15) is 0 Å². The van der Waals surface area contributed by atoms with Gasteiger partial charge in [0.25, 0.3) is 0 Å². The Balaban J connectivity index is 3.01. The minimum absolute atomic E-state index is 0.200. The molecule has 1 atom stereocenters. The van der Waals surface area contributed by atoms with E-state index >= 15 is 0 Å². The van der Waals surface area contributed by atoms with Crippen molar-refractivity contribution in [3.63, 3.8) is 0 Å². The molecule has 1 aromatic rings. The first-order chi connectivity index (χ1) is 7.01. The summed E-state index contributed by atoms with van der Waals surface area (Å²) in [6, 6.07) is 4.56. The van der Waals surface area contributed by atoms with Crippen LogP contribution in [-0.4, -0.2) is 12.2 Å². The molecule has 3 heteroatoms. The van der Waals surface area contributed by atoms with Gasteiger partial charge in [-0.15, -0.1) is 0 Å². The van der Waals surface area contributed by atoms with Gasteiger partial charge in [-0.1, -0.05) is 19.4 Å². The number of hydrogen-bond donors (Lipinski definition) is 1. The second-order valence-electron chi connectivity index (χ2n) is 3.87. The van der Waals surface area contributed by atoms with Crippen LogP contribution in [0.25, 0.3) is 0 Å². The Hall–Kier alpha value is -1.09. The Morgan fingerprint density at radius 3 is 2.60 bits per heavy atom. The highest BCUT2D eigenvalue weighted by molar-refractivity contribution is 5.32. The van der Waals surface area contributed by atoms with E-state index in [2.05, 4.69) is 0 Å². The summed E-state index contributed by atoms with van der Waals surface area (Å²) in [5.74, 6) is -0.238. The number of methoxy groups -OCH3 is 1. The Bertz CT molecular complexity index is 334. The molecule has 0 saturated heterocycles. The third-order valence-corrected chi connectivity index (χ3v) is 2.51. The summed E-state index contributed by atoms with van der Waals surface area (Å²) < 4.78 is 18.2. The maximum atomic E-state index is 13.4. The minimum Gasteiger partial charge on any atom is -0.494 e. The molecule has 0 heterocycles. The summed E-state index contributed by atoms with van der Waals surface area (Å²) in [6.45, 7) is 3.67. The van der Waals surface area contributed by atoms with Crippen molar-refractivity contribution >= 4 is 0 Å². The van der Waals surface area contributed by atoms with E-state index in [0.717, 1.165) is 6.42 Å². The maximum Gasteiger partial charge on any atom is 0.165 e. The van der Waals surface area contributed by atoms with Gasteiger partial charge in [0.05, 0.1) is 12.7 Å². The lowest BCUT2D eigenvalue weighted by Crippen LogP contribution is -2.20. The molecule has 1 aromatic carbocycles. The zero-order valence-corrected chi connectivity index (χ0v) is 9.38. The Kier molecular flexibility index (Phi) is 3.69. The fourth-order valence-electron chi connectivity index (χ4n) is 1.63. The molecule has 0 aromatic heterocycles. The fraction of sp³-hybridized carbons (Fsp3) is 0.500. The molecule has 15 heavy (non-hydrogen) atoms. The average molecular weight is 212 g/mol. The molecule has 1 N–H and O–H groups in total. The van der Waals surface area contributed by atoms with Gasteiger partial charge < -0.3 is 9.84 Å². The molecule has 0 spiro atoms. The highest BCUT2D eigenvalue weighted by atomic mass is 19.1. The highest BCUT2D eigenvalue weighted by Gasteiger charge is 2.22. The Labute approximate surface area is 89.7 Å². The van der Waals surface area contributed by atoms with E-state index in [-0.39, 0.29) is 5.75 Å². The quantitative estimate of drug-likeness (QED) is 0.831. The molecule has 0 aliphatic carbocycles. The van der Waals surface area contributed by atoms with E-state index in [0.29, 0.717) is 12.0 Å². The fourth-order valence-corrected chi connectivity index (χ4v) is 1.63. The van der Waals surface area contributed by atoms with Gasteiger partial charge in [0.15, 0.2) is 11.6 Å². The van der Waals surface area contributed by atoms with Crippen LogP contribution < -0.4 is 4.74 Å². The van der Waals surface area contributed by atoms with Crippen LogP contribution in [0.1, 0.15) is 32.3 Å². The van der Waals surface area contributed by atoms with E-state index in [1.165, 1.54) is 19.2 Å². The summed E-state index contributed by atoms with van der Waals surface area (Å²) in [7, 11) is 1.42. The zero-order chi connectivity index (χ0) is 11.5. The molecule has 84 valence electrons.